The maximum atomic E-state index is 4.62. The van der Waals surface area contributed by atoms with Gasteiger partial charge in [0.05, 0.1) is 15.7 Å². The summed E-state index contributed by atoms with van der Waals surface area (Å²) in [5, 5.41) is 4.66. The molecule has 1 aromatic carbocycles. The highest BCUT2D eigenvalue weighted by molar-refractivity contribution is 9.10. The van der Waals surface area contributed by atoms with E-state index in [1.54, 1.807) is 0 Å². The lowest BCUT2D eigenvalue weighted by Crippen LogP contribution is -2.43. The Morgan fingerprint density at radius 3 is 2.75 bits per heavy atom. The molecular weight excluding hydrogens is 338 g/mol. The van der Waals surface area contributed by atoms with Gasteiger partial charge in [-0.05, 0) is 27.9 Å². The summed E-state index contributed by atoms with van der Waals surface area (Å²) < 4.78 is 1.09. The van der Waals surface area contributed by atoms with Crippen molar-refractivity contribution in [3.8, 4) is 0 Å². The molecular formula is C15H19BrClN3. The first-order valence-electron chi connectivity index (χ1n) is 6.83. The Balaban J connectivity index is 0.00000147. The Bertz CT molecular complexity index is 597. The van der Waals surface area contributed by atoms with Crippen molar-refractivity contribution in [1.82, 2.24) is 10.3 Å². The van der Waals surface area contributed by atoms with E-state index in [-0.39, 0.29) is 12.4 Å². The van der Waals surface area contributed by atoms with Crippen LogP contribution in [-0.2, 0) is 6.42 Å². The summed E-state index contributed by atoms with van der Waals surface area (Å²) in [6.45, 7) is 6.37. The number of aromatic nitrogens is 1. The Morgan fingerprint density at radius 2 is 2.05 bits per heavy atom. The van der Waals surface area contributed by atoms with E-state index in [1.807, 2.05) is 6.20 Å². The van der Waals surface area contributed by atoms with Gasteiger partial charge in [-0.25, -0.2) is 0 Å². The zero-order chi connectivity index (χ0) is 13.2. The van der Waals surface area contributed by atoms with Gasteiger partial charge >= 0.3 is 0 Å². The lowest BCUT2D eigenvalue weighted by atomic mass is 10.1. The highest BCUT2D eigenvalue weighted by Crippen LogP contribution is 2.34. The quantitative estimate of drug-likeness (QED) is 0.894. The van der Waals surface area contributed by atoms with E-state index >= 15 is 0 Å². The molecule has 1 aliphatic rings. The number of nitrogens with one attached hydrogen (secondary N) is 1. The van der Waals surface area contributed by atoms with Crippen molar-refractivity contribution in [2.24, 2.45) is 0 Å². The SMILES string of the molecule is CCc1cccc2c(N3CCNCC3)c(Br)cnc12.Cl. The van der Waals surface area contributed by atoms with E-state index in [1.165, 1.54) is 16.6 Å². The Labute approximate surface area is 134 Å². The van der Waals surface area contributed by atoms with Crippen LogP contribution in [0.4, 0.5) is 5.69 Å². The number of fused-ring (bicyclic) bond motifs is 1. The molecule has 5 heteroatoms. The lowest BCUT2D eigenvalue weighted by Gasteiger charge is -2.31. The maximum absolute atomic E-state index is 4.62. The number of hydrogen-bond acceptors (Lipinski definition) is 3. The molecule has 0 radical (unpaired) electrons. The Kier molecular flexibility index (Phi) is 5.24. The number of anilines is 1. The van der Waals surface area contributed by atoms with Crippen molar-refractivity contribution in [3.05, 3.63) is 34.4 Å². The van der Waals surface area contributed by atoms with Gasteiger partial charge in [0.15, 0.2) is 0 Å². The Hall–Kier alpha value is -0.840. The van der Waals surface area contributed by atoms with Crippen LogP contribution >= 0.6 is 28.3 Å². The molecule has 0 amide bonds. The van der Waals surface area contributed by atoms with E-state index in [0.29, 0.717) is 0 Å². The third-order valence-electron chi connectivity index (χ3n) is 3.72. The van der Waals surface area contributed by atoms with Gasteiger partial charge < -0.3 is 10.2 Å². The van der Waals surface area contributed by atoms with Crippen LogP contribution < -0.4 is 10.2 Å². The molecule has 0 saturated carbocycles. The van der Waals surface area contributed by atoms with Crippen molar-refractivity contribution < 1.29 is 0 Å². The second kappa shape index (κ2) is 6.74. The number of para-hydroxylation sites is 1. The molecule has 3 rings (SSSR count). The van der Waals surface area contributed by atoms with Crippen molar-refractivity contribution >= 4 is 44.9 Å². The van der Waals surface area contributed by atoms with Crippen LogP contribution in [0.1, 0.15) is 12.5 Å². The largest absolute Gasteiger partial charge is 0.367 e. The van der Waals surface area contributed by atoms with Crippen molar-refractivity contribution in [3.63, 3.8) is 0 Å². The minimum Gasteiger partial charge on any atom is -0.367 e. The van der Waals surface area contributed by atoms with Crippen LogP contribution in [0.5, 0.6) is 0 Å². The molecule has 1 aliphatic heterocycles. The van der Waals surface area contributed by atoms with Crippen molar-refractivity contribution in [2.45, 2.75) is 13.3 Å². The molecule has 20 heavy (non-hydrogen) atoms. The number of hydrogen-bond donors (Lipinski definition) is 1. The van der Waals surface area contributed by atoms with Gasteiger partial charge in [-0.3, -0.25) is 4.98 Å². The molecule has 0 atom stereocenters. The minimum atomic E-state index is 0. The second-order valence-corrected chi connectivity index (χ2v) is 5.71. The predicted octanol–water partition coefficient (Wildman–Crippen LogP) is 3.39. The summed E-state index contributed by atoms with van der Waals surface area (Å²) in [7, 11) is 0. The number of halogens is 2. The average Bonchev–Trinajstić information content (AvgIpc) is 2.47. The second-order valence-electron chi connectivity index (χ2n) is 4.86. The fourth-order valence-electron chi connectivity index (χ4n) is 2.74. The molecule has 3 nitrogen and oxygen atoms in total. The van der Waals surface area contributed by atoms with Crippen LogP contribution in [-0.4, -0.2) is 31.2 Å². The van der Waals surface area contributed by atoms with E-state index < -0.39 is 0 Å². The highest BCUT2D eigenvalue weighted by Gasteiger charge is 2.17. The summed E-state index contributed by atoms with van der Waals surface area (Å²) in [4.78, 5) is 7.07. The average molecular weight is 357 g/mol. The molecule has 108 valence electrons. The topological polar surface area (TPSA) is 28.2 Å². The molecule has 1 aromatic heterocycles. The summed E-state index contributed by atoms with van der Waals surface area (Å²) in [5.74, 6) is 0. The zero-order valence-corrected chi connectivity index (χ0v) is 13.9. The maximum Gasteiger partial charge on any atom is 0.0755 e. The number of aryl methyl sites for hydroxylation is 1. The highest BCUT2D eigenvalue weighted by atomic mass is 79.9. The Morgan fingerprint density at radius 1 is 1.30 bits per heavy atom. The number of rotatable bonds is 2. The fraction of sp³-hybridized carbons (Fsp3) is 0.400. The van der Waals surface area contributed by atoms with Gasteiger partial charge in [-0.2, -0.15) is 0 Å². The first-order chi connectivity index (χ1) is 9.31. The van der Waals surface area contributed by atoms with Crippen LogP contribution in [0, 0.1) is 0 Å². The van der Waals surface area contributed by atoms with Gasteiger partial charge in [-0.1, -0.05) is 25.1 Å². The third-order valence-corrected chi connectivity index (χ3v) is 4.30. The first-order valence-corrected chi connectivity index (χ1v) is 7.62. The van der Waals surface area contributed by atoms with Gasteiger partial charge in [0.2, 0.25) is 0 Å². The molecule has 0 spiro atoms. The molecule has 2 heterocycles. The van der Waals surface area contributed by atoms with Gasteiger partial charge in [0.1, 0.15) is 0 Å². The molecule has 0 aliphatic carbocycles. The van der Waals surface area contributed by atoms with Crippen LogP contribution in [0.25, 0.3) is 10.9 Å². The van der Waals surface area contributed by atoms with E-state index in [0.717, 1.165) is 42.6 Å². The number of piperazine rings is 1. The minimum absolute atomic E-state index is 0. The molecule has 0 bridgehead atoms. The van der Waals surface area contributed by atoms with Gasteiger partial charge in [-0.15, -0.1) is 12.4 Å². The summed E-state index contributed by atoms with van der Waals surface area (Å²) in [5.41, 5.74) is 3.75. The van der Waals surface area contributed by atoms with Crippen molar-refractivity contribution in [2.75, 3.05) is 31.1 Å². The van der Waals surface area contributed by atoms with Gasteiger partial charge in [0.25, 0.3) is 0 Å². The van der Waals surface area contributed by atoms with E-state index in [4.69, 9.17) is 0 Å². The van der Waals surface area contributed by atoms with Crippen molar-refractivity contribution in [1.29, 1.82) is 0 Å². The third kappa shape index (κ3) is 2.78. The monoisotopic (exact) mass is 355 g/mol. The van der Waals surface area contributed by atoms with Crippen LogP contribution in [0.15, 0.2) is 28.9 Å². The number of pyridine rings is 1. The standard InChI is InChI=1S/C15H18BrN3.ClH/c1-2-11-4-3-5-12-14(11)18-10-13(16)15(12)19-8-6-17-7-9-19;/h3-5,10,17H,2,6-9H2,1H3;1H. The van der Waals surface area contributed by atoms with Crippen LogP contribution in [0.2, 0.25) is 0 Å². The van der Waals surface area contributed by atoms with Crippen LogP contribution in [0.3, 0.4) is 0 Å². The number of nitrogens with zero attached hydrogens (tertiary/aromatic N) is 2. The summed E-state index contributed by atoms with van der Waals surface area (Å²) >= 11 is 3.67. The van der Waals surface area contributed by atoms with E-state index in [9.17, 15) is 0 Å². The molecule has 1 saturated heterocycles. The predicted molar refractivity (Wildman–Crippen MR) is 91.2 cm³/mol. The van der Waals surface area contributed by atoms with E-state index in [2.05, 4.69) is 56.3 Å². The lowest BCUT2D eigenvalue weighted by molar-refractivity contribution is 0.589. The van der Waals surface area contributed by atoms with Gasteiger partial charge in [0, 0.05) is 37.8 Å². The molecule has 0 unspecified atom stereocenters. The fourth-order valence-corrected chi connectivity index (χ4v) is 3.31. The smallest absolute Gasteiger partial charge is 0.0755 e. The molecule has 1 N–H and O–H groups in total. The molecule has 2 aromatic rings. The zero-order valence-electron chi connectivity index (χ0n) is 11.5. The first kappa shape index (κ1) is 15.5. The number of benzene rings is 1. The normalized spacial score (nSPS) is 15.2. The summed E-state index contributed by atoms with van der Waals surface area (Å²) in [6, 6.07) is 6.50. The summed E-state index contributed by atoms with van der Waals surface area (Å²) in [6.07, 6.45) is 2.96. The molecule has 1 fully saturated rings.